The molecule has 3 aromatic carbocycles. The molecular weight excluding hydrogens is 433 g/mol. The minimum atomic E-state index is -0.334. The molecule has 7 rings (SSSR count). The summed E-state index contributed by atoms with van der Waals surface area (Å²) >= 11 is 5.38. The summed E-state index contributed by atoms with van der Waals surface area (Å²) in [6.07, 6.45) is 2.62. The molecule has 33 heavy (non-hydrogen) atoms. The van der Waals surface area contributed by atoms with Crippen molar-refractivity contribution in [1.29, 1.82) is 0 Å². The van der Waals surface area contributed by atoms with Crippen molar-refractivity contribution in [1.82, 2.24) is 14.9 Å². The molecule has 1 unspecified atom stereocenters. The number of aromatic nitrogens is 2. The van der Waals surface area contributed by atoms with Crippen LogP contribution in [-0.2, 0) is 0 Å². The van der Waals surface area contributed by atoms with Crippen molar-refractivity contribution < 1.29 is 9.18 Å². The second-order valence-corrected chi connectivity index (χ2v) is 9.17. The fourth-order valence-electron chi connectivity index (χ4n) is 5.66. The first kappa shape index (κ1) is 20.1. The van der Waals surface area contributed by atoms with Crippen LogP contribution >= 0.6 is 12.2 Å². The van der Waals surface area contributed by atoms with Crippen molar-refractivity contribution in [3.05, 3.63) is 118 Å². The summed E-state index contributed by atoms with van der Waals surface area (Å²) in [5.74, 6) is 0.409. The Bertz CT molecular complexity index is 1370. The molecule has 0 aliphatic heterocycles. The van der Waals surface area contributed by atoms with Gasteiger partial charge in [0.25, 0.3) is 5.91 Å². The first-order valence-electron chi connectivity index (χ1n) is 11.1. The van der Waals surface area contributed by atoms with Gasteiger partial charge in [0.2, 0.25) is 0 Å². The van der Waals surface area contributed by atoms with Crippen molar-refractivity contribution in [2.75, 3.05) is 6.54 Å². The lowest BCUT2D eigenvalue weighted by atomic mass is 9.59. The molecule has 4 nitrogen and oxygen atoms in total. The van der Waals surface area contributed by atoms with Crippen molar-refractivity contribution in [3.8, 4) is 5.69 Å². The Kier molecular flexibility index (Phi) is 4.76. The summed E-state index contributed by atoms with van der Waals surface area (Å²) in [5.41, 5.74) is 6.64. The molecule has 3 aliphatic rings. The smallest absolute Gasteiger partial charge is 0.269 e. The molecule has 1 atom stereocenters. The Morgan fingerprint density at radius 2 is 1.58 bits per heavy atom. The van der Waals surface area contributed by atoms with E-state index < -0.39 is 0 Å². The zero-order valence-corrected chi connectivity index (χ0v) is 18.6. The number of carbonyl (C=O) groups excluding carboxylic acids is 1. The van der Waals surface area contributed by atoms with Gasteiger partial charge >= 0.3 is 0 Å². The lowest BCUT2D eigenvalue weighted by Crippen LogP contribution is -2.39. The van der Waals surface area contributed by atoms with Crippen LogP contribution in [0.2, 0.25) is 0 Å². The third kappa shape index (κ3) is 3.25. The van der Waals surface area contributed by atoms with Gasteiger partial charge in [-0.25, -0.2) is 4.39 Å². The van der Waals surface area contributed by atoms with Gasteiger partial charge in [0.05, 0.1) is 0 Å². The summed E-state index contributed by atoms with van der Waals surface area (Å²) in [5, 5.41) is 3.15. The Balaban J connectivity index is 1.28. The number of imidazole rings is 1. The first-order chi connectivity index (χ1) is 16.1. The number of carbonyl (C=O) groups is 1. The predicted octanol–water partition coefficient (Wildman–Crippen LogP) is 5.70. The molecule has 0 saturated heterocycles. The minimum Gasteiger partial charge on any atom is -0.350 e. The van der Waals surface area contributed by atoms with Crippen molar-refractivity contribution in [2.24, 2.45) is 5.92 Å². The van der Waals surface area contributed by atoms with Crippen LogP contribution < -0.4 is 5.32 Å². The maximum atomic E-state index is 13.4. The van der Waals surface area contributed by atoms with E-state index in [9.17, 15) is 9.18 Å². The molecule has 0 radical (unpaired) electrons. The average molecular weight is 456 g/mol. The molecule has 0 saturated carbocycles. The summed E-state index contributed by atoms with van der Waals surface area (Å²) < 4.78 is 15.4. The Morgan fingerprint density at radius 3 is 2.21 bits per heavy atom. The summed E-state index contributed by atoms with van der Waals surface area (Å²) in [7, 11) is 0. The van der Waals surface area contributed by atoms with Gasteiger partial charge in [-0.3, -0.25) is 9.36 Å². The zero-order chi connectivity index (χ0) is 22.5. The zero-order valence-electron chi connectivity index (χ0n) is 17.8. The lowest BCUT2D eigenvalue weighted by molar-refractivity contribution is 0.0936. The van der Waals surface area contributed by atoms with Crippen LogP contribution in [-0.4, -0.2) is 22.0 Å². The Morgan fingerprint density at radius 1 is 0.970 bits per heavy atom. The van der Waals surface area contributed by atoms with Gasteiger partial charge in [0.1, 0.15) is 11.5 Å². The molecule has 3 aliphatic carbocycles. The lowest BCUT2D eigenvalue weighted by Gasteiger charge is -2.45. The SMILES string of the molecule is O=C(NCC1CC2c3ccccc3C1c1ccccc12)c1c[nH]c(=S)n1-c1ccc(F)cc1. The number of hydrogen-bond acceptors (Lipinski definition) is 2. The van der Waals surface area contributed by atoms with E-state index in [4.69, 9.17) is 12.2 Å². The topological polar surface area (TPSA) is 49.8 Å². The Labute approximate surface area is 196 Å². The van der Waals surface area contributed by atoms with E-state index >= 15 is 0 Å². The van der Waals surface area contributed by atoms with Crippen LogP contribution in [0.15, 0.2) is 79.0 Å². The second kappa shape index (κ2) is 7.81. The van der Waals surface area contributed by atoms with E-state index in [0.717, 1.165) is 6.42 Å². The summed E-state index contributed by atoms with van der Waals surface area (Å²) in [4.78, 5) is 16.1. The van der Waals surface area contributed by atoms with Crippen LogP contribution in [0.5, 0.6) is 0 Å². The van der Waals surface area contributed by atoms with Crippen LogP contribution in [0.25, 0.3) is 5.69 Å². The van der Waals surface area contributed by atoms with E-state index in [2.05, 4.69) is 58.8 Å². The van der Waals surface area contributed by atoms with Crippen LogP contribution in [0.4, 0.5) is 4.39 Å². The van der Waals surface area contributed by atoms with Gasteiger partial charge in [-0.15, -0.1) is 0 Å². The number of rotatable bonds is 4. The number of nitrogens with one attached hydrogen (secondary N) is 2. The standard InChI is InChI=1S/C27H22FN3OS/c28-17-9-11-18(12-10-17)31-24(15-30-27(31)33)26(32)29-14-16-13-23-19-5-1-3-7-21(19)25(16)22-8-4-2-6-20(22)23/h1-12,15-16,23,25H,13-14H2,(H,29,32)(H,30,33). The van der Waals surface area contributed by atoms with Gasteiger partial charge in [0, 0.05) is 30.3 Å². The van der Waals surface area contributed by atoms with Crippen LogP contribution in [0, 0.1) is 16.5 Å². The van der Waals surface area contributed by atoms with E-state index in [1.165, 1.54) is 34.4 Å². The molecule has 1 aromatic heterocycles. The van der Waals surface area contributed by atoms with Gasteiger partial charge < -0.3 is 10.3 Å². The van der Waals surface area contributed by atoms with Crippen molar-refractivity contribution in [3.63, 3.8) is 0 Å². The number of hydrogen-bond donors (Lipinski definition) is 2. The largest absolute Gasteiger partial charge is 0.350 e. The minimum absolute atomic E-state index is 0.199. The van der Waals surface area contributed by atoms with E-state index in [1.807, 2.05) is 0 Å². The van der Waals surface area contributed by atoms with E-state index in [1.54, 1.807) is 22.9 Å². The van der Waals surface area contributed by atoms with Gasteiger partial charge in [0.15, 0.2) is 4.77 Å². The number of nitrogens with zero attached hydrogens (tertiary/aromatic N) is 1. The van der Waals surface area contributed by atoms with Crippen LogP contribution in [0.1, 0.15) is 51.0 Å². The fraction of sp³-hybridized carbons (Fsp3) is 0.185. The third-order valence-electron chi connectivity index (χ3n) is 7.04. The average Bonchev–Trinajstić information content (AvgIpc) is 3.24. The first-order valence-corrected chi connectivity index (χ1v) is 11.5. The van der Waals surface area contributed by atoms with Crippen molar-refractivity contribution >= 4 is 18.1 Å². The fourth-order valence-corrected chi connectivity index (χ4v) is 5.92. The van der Waals surface area contributed by atoms with E-state index in [0.29, 0.717) is 34.5 Å². The molecule has 4 aromatic rings. The normalized spacial score (nSPS) is 20.2. The Hall–Kier alpha value is -3.51. The molecule has 2 bridgehead atoms. The highest BCUT2D eigenvalue weighted by atomic mass is 32.1. The van der Waals surface area contributed by atoms with Crippen molar-refractivity contribution in [2.45, 2.75) is 18.3 Å². The van der Waals surface area contributed by atoms with Gasteiger partial charge in [-0.05, 0) is 71.1 Å². The highest BCUT2D eigenvalue weighted by Crippen LogP contribution is 2.55. The van der Waals surface area contributed by atoms with Gasteiger partial charge in [-0.2, -0.15) is 0 Å². The molecule has 6 heteroatoms. The second-order valence-electron chi connectivity index (χ2n) is 8.78. The molecular formula is C27H22FN3OS. The molecule has 2 N–H and O–H groups in total. The molecule has 0 fully saturated rings. The van der Waals surface area contributed by atoms with Crippen LogP contribution in [0.3, 0.4) is 0 Å². The summed E-state index contributed by atoms with van der Waals surface area (Å²) in [6.45, 7) is 0.573. The predicted molar refractivity (Wildman–Crippen MR) is 128 cm³/mol. The number of fused-ring (bicyclic) bond motifs is 1. The molecule has 164 valence electrons. The highest BCUT2D eigenvalue weighted by molar-refractivity contribution is 7.71. The summed E-state index contributed by atoms with van der Waals surface area (Å²) in [6, 6.07) is 23.3. The maximum absolute atomic E-state index is 13.4. The number of aromatic amines is 1. The molecule has 1 amide bonds. The van der Waals surface area contributed by atoms with E-state index in [-0.39, 0.29) is 17.6 Å². The molecule has 1 heterocycles. The number of H-pyrrole nitrogens is 1. The number of benzene rings is 3. The third-order valence-corrected chi connectivity index (χ3v) is 7.34. The monoisotopic (exact) mass is 455 g/mol. The number of amides is 1. The number of halogens is 1. The van der Waals surface area contributed by atoms with Gasteiger partial charge in [-0.1, -0.05) is 48.5 Å². The quantitative estimate of drug-likeness (QED) is 0.388. The maximum Gasteiger partial charge on any atom is 0.269 e. The molecule has 0 spiro atoms. The highest BCUT2D eigenvalue weighted by Gasteiger charge is 2.42.